The van der Waals surface area contributed by atoms with E-state index in [1.165, 1.54) is 6.07 Å². The van der Waals surface area contributed by atoms with Gasteiger partial charge in [0, 0.05) is 24.4 Å². The van der Waals surface area contributed by atoms with Crippen LogP contribution in [0.15, 0.2) is 27.7 Å². The van der Waals surface area contributed by atoms with Crippen LogP contribution in [0.2, 0.25) is 0 Å². The third kappa shape index (κ3) is 5.76. The van der Waals surface area contributed by atoms with Gasteiger partial charge in [-0.3, -0.25) is 0 Å². The van der Waals surface area contributed by atoms with Crippen molar-refractivity contribution in [1.82, 2.24) is 15.8 Å². The van der Waals surface area contributed by atoms with Crippen molar-refractivity contribution in [2.24, 2.45) is 4.99 Å². The summed E-state index contributed by atoms with van der Waals surface area (Å²) in [7, 11) is 0. The van der Waals surface area contributed by atoms with Crippen LogP contribution < -0.4 is 10.6 Å². The average Bonchev–Trinajstić information content (AvgIpc) is 2.93. The molecule has 0 radical (unpaired) electrons. The van der Waals surface area contributed by atoms with Crippen LogP contribution in [0.4, 0.5) is 4.39 Å². The molecule has 142 valence electrons. The molecular formula is C19H27FN4OS. The lowest BCUT2D eigenvalue weighted by Gasteiger charge is -2.12. The van der Waals surface area contributed by atoms with E-state index in [4.69, 9.17) is 4.52 Å². The zero-order valence-electron chi connectivity index (χ0n) is 15.9. The molecule has 5 nitrogen and oxygen atoms in total. The Bertz CT molecular complexity index is 726. The Morgan fingerprint density at radius 2 is 2.08 bits per heavy atom. The fourth-order valence-corrected chi connectivity index (χ4v) is 3.29. The minimum absolute atomic E-state index is 0.203. The molecule has 0 aliphatic heterocycles. The van der Waals surface area contributed by atoms with E-state index in [0.29, 0.717) is 6.54 Å². The number of rotatable bonds is 8. The molecule has 26 heavy (non-hydrogen) atoms. The van der Waals surface area contributed by atoms with Crippen molar-refractivity contribution in [3.8, 4) is 0 Å². The van der Waals surface area contributed by atoms with Crippen molar-refractivity contribution in [2.45, 2.75) is 39.5 Å². The summed E-state index contributed by atoms with van der Waals surface area (Å²) >= 11 is 1.68. The van der Waals surface area contributed by atoms with E-state index < -0.39 is 0 Å². The number of nitrogens with zero attached hydrogens (tertiary/aromatic N) is 2. The van der Waals surface area contributed by atoms with Gasteiger partial charge in [0.15, 0.2) is 5.96 Å². The summed E-state index contributed by atoms with van der Waals surface area (Å²) in [5, 5.41) is 10.6. The fraction of sp³-hybridized carbons (Fsp3) is 0.474. The van der Waals surface area contributed by atoms with Crippen molar-refractivity contribution < 1.29 is 8.91 Å². The first-order valence-corrected chi connectivity index (χ1v) is 10.1. The SMILES string of the molecule is CCNC(=NCc1ccc(F)cc1CSC)NCCc1c(C)noc1C. The number of halogens is 1. The van der Waals surface area contributed by atoms with Crippen molar-refractivity contribution in [1.29, 1.82) is 0 Å². The first kappa shape index (κ1) is 20.3. The van der Waals surface area contributed by atoms with Gasteiger partial charge < -0.3 is 15.2 Å². The minimum atomic E-state index is -0.203. The van der Waals surface area contributed by atoms with Gasteiger partial charge in [-0.25, -0.2) is 9.38 Å². The molecule has 0 saturated heterocycles. The van der Waals surface area contributed by atoms with E-state index >= 15 is 0 Å². The molecule has 1 aromatic carbocycles. The minimum Gasteiger partial charge on any atom is -0.361 e. The number of nitrogens with one attached hydrogen (secondary N) is 2. The fourth-order valence-electron chi connectivity index (χ4n) is 2.71. The Hall–Kier alpha value is -2.02. The standard InChI is InChI=1S/C19H27FN4OS/c1-5-21-19(22-9-8-18-13(2)24-25-14(18)3)23-11-15-6-7-17(20)10-16(15)12-26-4/h6-7,10H,5,8-9,11-12H2,1-4H3,(H2,21,22,23). The summed E-state index contributed by atoms with van der Waals surface area (Å²) in [6, 6.07) is 4.91. The predicted octanol–water partition coefficient (Wildman–Crippen LogP) is 3.59. The molecule has 0 spiro atoms. The van der Waals surface area contributed by atoms with E-state index in [0.717, 1.165) is 59.4 Å². The number of aliphatic imine (C=N–C) groups is 1. The molecule has 7 heteroatoms. The molecular weight excluding hydrogens is 351 g/mol. The largest absolute Gasteiger partial charge is 0.361 e. The highest BCUT2D eigenvalue weighted by atomic mass is 32.2. The Morgan fingerprint density at radius 1 is 1.27 bits per heavy atom. The molecule has 0 atom stereocenters. The first-order chi connectivity index (χ1) is 12.5. The maximum atomic E-state index is 13.5. The second-order valence-corrected chi connectivity index (χ2v) is 6.89. The number of hydrogen-bond acceptors (Lipinski definition) is 4. The summed E-state index contributed by atoms with van der Waals surface area (Å²) in [5.41, 5.74) is 4.10. The highest BCUT2D eigenvalue weighted by Gasteiger charge is 2.09. The third-order valence-electron chi connectivity index (χ3n) is 4.07. The monoisotopic (exact) mass is 378 g/mol. The second-order valence-electron chi connectivity index (χ2n) is 6.02. The zero-order valence-corrected chi connectivity index (χ0v) is 16.7. The lowest BCUT2D eigenvalue weighted by molar-refractivity contribution is 0.392. The highest BCUT2D eigenvalue weighted by molar-refractivity contribution is 7.97. The van der Waals surface area contributed by atoms with Gasteiger partial charge in [0.25, 0.3) is 0 Å². The summed E-state index contributed by atoms with van der Waals surface area (Å²) in [6.45, 7) is 7.93. The van der Waals surface area contributed by atoms with Crippen molar-refractivity contribution in [3.05, 3.63) is 52.2 Å². The molecule has 0 aliphatic carbocycles. The van der Waals surface area contributed by atoms with Gasteiger partial charge >= 0.3 is 0 Å². The van der Waals surface area contributed by atoms with Crippen molar-refractivity contribution in [2.75, 3.05) is 19.3 Å². The second kappa shape index (κ2) is 10.2. The van der Waals surface area contributed by atoms with Crippen LogP contribution >= 0.6 is 11.8 Å². The molecule has 1 aromatic heterocycles. The van der Waals surface area contributed by atoms with Crippen molar-refractivity contribution in [3.63, 3.8) is 0 Å². The Balaban J connectivity index is 2.00. The van der Waals surface area contributed by atoms with Crippen LogP contribution in [-0.2, 0) is 18.7 Å². The molecule has 2 rings (SSSR count). The molecule has 0 fully saturated rings. The average molecular weight is 379 g/mol. The van der Waals surface area contributed by atoms with Crippen LogP contribution in [0.5, 0.6) is 0 Å². The predicted molar refractivity (Wildman–Crippen MR) is 106 cm³/mol. The lowest BCUT2D eigenvalue weighted by atomic mass is 10.1. The van der Waals surface area contributed by atoms with Crippen LogP contribution in [0.1, 0.15) is 35.1 Å². The summed E-state index contributed by atoms with van der Waals surface area (Å²) < 4.78 is 18.7. The van der Waals surface area contributed by atoms with Gasteiger partial charge in [-0.1, -0.05) is 11.2 Å². The van der Waals surface area contributed by atoms with Gasteiger partial charge in [-0.15, -0.1) is 0 Å². The topological polar surface area (TPSA) is 62.5 Å². The number of hydrogen-bond donors (Lipinski definition) is 2. The van der Waals surface area contributed by atoms with E-state index in [1.807, 2.05) is 33.1 Å². The first-order valence-electron chi connectivity index (χ1n) is 8.75. The molecule has 0 saturated carbocycles. The van der Waals surface area contributed by atoms with Gasteiger partial charge in [-0.2, -0.15) is 11.8 Å². The number of thioether (sulfide) groups is 1. The number of aryl methyl sites for hydroxylation is 2. The molecule has 2 aromatic rings. The van der Waals surface area contributed by atoms with E-state index in [9.17, 15) is 4.39 Å². The zero-order chi connectivity index (χ0) is 18.9. The van der Waals surface area contributed by atoms with Crippen LogP contribution in [0.3, 0.4) is 0 Å². The quantitative estimate of drug-likeness (QED) is 0.543. The molecule has 0 amide bonds. The number of benzene rings is 1. The maximum Gasteiger partial charge on any atom is 0.191 e. The summed E-state index contributed by atoms with van der Waals surface area (Å²) in [5.74, 6) is 2.18. The van der Waals surface area contributed by atoms with E-state index in [1.54, 1.807) is 17.8 Å². The summed E-state index contributed by atoms with van der Waals surface area (Å²) in [4.78, 5) is 4.64. The van der Waals surface area contributed by atoms with E-state index in [-0.39, 0.29) is 5.82 Å². The third-order valence-corrected chi connectivity index (χ3v) is 4.67. The van der Waals surface area contributed by atoms with Gasteiger partial charge in [0.05, 0.1) is 12.2 Å². The smallest absolute Gasteiger partial charge is 0.191 e. The van der Waals surface area contributed by atoms with Crippen LogP contribution in [0, 0.1) is 19.7 Å². The Kier molecular flexibility index (Phi) is 7.97. The maximum absolute atomic E-state index is 13.5. The van der Waals surface area contributed by atoms with Gasteiger partial charge in [0.1, 0.15) is 11.6 Å². The van der Waals surface area contributed by atoms with Gasteiger partial charge in [-0.05, 0) is 56.7 Å². The van der Waals surface area contributed by atoms with Crippen LogP contribution in [-0.4, -0.2) is 30.5 Å². The van der Waals surface area contributed by atoms with Crippen LogP contribution in [0.25, 0.3) is 0 Å². The van der Waals surface area contributed by atoms with Gasteiger partial charge in [0.2, 0.25) is 0 Å². The van der Waals surface area contributed by atoms with Crippen molar-refractivity contribution >= 4 is 17.7 Å². The van der Waals surface area contributed by atoms with E-state index in [2.05, 4.69) is 20.8 Å². The highest BCUT2D eigenvalue weighted by Crippen LogP contribution is 2.17. The molecule has 0 unspecified atom stereocenters. The molecule has 0 bridgehead atoms. The molecule has 1 heterocycles. The number of aromatic nitrogens is 1. The molecule has 0 aliphatic rings. The lowest BCUT2D eigenvalue weighted by Crippen LogP contribution is -2.38. The number of guanidine groups is 1. The Morgan fingerprint density at radius 3 is 2.73 bits per heavy atom. The normalized spacial score (nSPS) is 11.7. The molecule has 2 N–H and O–H groups in total. The summed E-state index contributed by atoms with van der Waals surface area (Å²) in [6.07, 6.45) is 2.83. The Labute approximate surface area is 158 Å².